The first-order chi connectivity index (χ1) is 12.2. The van der Waals surface area contributed by atoms with Crippen LogP contribution in [0.15, 0.2) is 0 Å². The van der Waals surface area contributed by atoms with Crippen LogP contribution in [0.4, 0.5) is 0 Å². The molecule has 0 aliphatic rings. The van der Waals surface area contributed by atoms with E-state index in [4.69, 9.17) is 5.73 Å². The molecule has 154 valence electrons. The number of nitrogens with one attached hydrogen (secondary N) is 2. The molecule has 3 amide bonds. The van der Waals surface area contributed by atoms with Gasteiger partial charge in [0.2, 0.25) is 18.2 Å². The van der Waals surface area contributed by atoms with Crippen molar-refractivity contribution in [3.63, 3.8) is 0 Å². The van der Waals surface area contributed by atoms with Crippen molar-refractivity contribution in [1.29, 1.82) is 0 Å². The fourth-order valence-corrected chi connectivity index (χ4v) is 1.58. The number of nitrogens with two attached hydrogens (primary N) is 1. The van der Waals surface area contributed by atoms with E-state index < -0.39 is 0 Å². The third-order valence-corrected chi connectivity index (χ3v) is 3.40. The normalized spacial score (nSPS) is 10.4. The molecule has 0 aliphatic carbocycles. The molecule has 0 aromatic rings. The van der Waals surface area contributed by atoms with Gasteiger partial charge in [0.05, 0.1) is 0 Å². The number of carbonyl (C=O) groups is 4. The maximum atomic E-state index is 11.3. The summed E-state index contributed by atoms with van der Waals surface area (Å²) in [7, 11) is 0. The number of amides is 3. The molecule has 7 heteroatoms. The van der Waals surface area contributed by atoms with Crippen LogP contribution in [0, 0.1) is 5.92 Å². The zero-order chi connectivity index (χ0) is 21.0. The van der Waals surface area contributed by atoms with E-state index in [9.17, 15) is 19.2 Å². The van der Waals surface area contributed by atoms with E-state index in [1.165, 1.54) is 0 Å². The molecule has 26 heavy (non-hydrogen) atoms. The first-order valence-electron chi connectivity index (χ1n) is 9.44. The summed E-state index contributed by atoms with van der Waals surface area (Å²) in [5.74, 6) is 0.281. The highest BCUT2D eigenvalue weighted by Gasteiger charge is 2.10. The molecule has 7 nitrogen and oxygen atoms in total. The average molecular weight is 374 g/mol. The molecule has 4 N–H and O–H groups in total. The average Bonchev–Trinajstić information content (AvgIpc) is 2.56. The van der Waals surface area contributed by atoms with Crippen molar-refractivity contribution in [2.24, 2.45) is 11.7 Å². The van der Waals surface area contributed by atoms with Crippen LogP contribution in [0.3, 0.4) is 0 Å². The summed E-state index contributed by atoms with van der Waals surface area (Å²) in [5, 5.41) is 5.39. The van der Waals surface area contributed by atoms with E-state index in [0.29, 0.717) is 38.1 Å². The lowest BCUT2D eigenvalue weighted by atomic mass is 10.1. The van der Waals surface area contributed by atoms with Crippen LogP contribution in [0.1, 0.15) is 80.1 Å². The standard InChI is InChI=1S/C10H20N2O2.C7H13NO2.C2H6/c1-7(2)8(3)12-10(14)6-4-5-9(11)13;1-7(10)4-2-3-5-8-6-9;1-2/h7-8H,4-6H2,1-3H3,(H2,11,13)(H,12,14);6H,2-5H2,1H3,(H,8,9);1-2H3. The lowest BCUT2D eigenvalue weighted by Gasteiger charge is -2.17. The van der Waals surface area contributed by atoms with Gasteiger partial charge < -0.3 is 21.2 Å². The predicted octanol–water partition coefficient (Wildman–Crippen LogP) is 2.32. The van der Waals surface area contributed by atoms with Gasteiger partial charge >= 0.3 is 0 Å². The molecule has 1 unspecified atom stereocenters. The summed E-state index contributed by atoms with van der Waals surface area (Å²) in [6, 6.07) is 0.177. The second-order valence-corrected chi connectivity index (χ2v) is 6.15. The van der Waals surface area contributed by atoms with Crippen LogP contribution in [0.2, 0.25) is 0 Å². The van der Waals surface area contributed by atoms with E-state index >= 15 is 0 Å². The van der Waals surface area contributed by atoms with Gasteiger partial charge in [-0.1, -0.05) is 27.7 Å². The fraction of sp³-hybridized carbons (Fsp3) is 0.789. The molecule has 0 rings (SSSR count). The number of Topliss-reactive ketones (excluding diaryl/α,β-unsaturated/α-hetero) is 1. The quantitative estimate of drug-likeness (QED) is 0.359. The Kier molecular flexibility index (Phi) is 23.5. The number of hydrogen-bond donors (Lipinski definition) is 3. The van der Waals surface area contributed by atoms with Crippen LogP contribution in [0.25, 0.3) is 0 Å². The van der Waals surface area contributed by atoms with E-state index in [1.54, 1.807) is 6.92 Å². The highest BCUT2D eigenvalue weighted by molar-refractivity contribution is 5.78. The minimum atomic E-state index is -0.352. The summed E-state index contributed by atoms with van der Waals surface area (Å²) < 4.78 is 0. The Morgan fingerprint density at radius 3 is 1.96 bits per heavy atom. The monoisotopic (exact) mass is 373 g/mol. The number of rotatable bonds is 12. The van der Waals surface area contributed by atoms with Gasteiger partial charge in [0, 0.05) is 31.8 Å². The molecule has 0 radical (unpaired) electrons. The largest absolute Gasteiger partial charge is 0.370 e. The van der Waals surface area contributed by atoms with Gasteiger partial charge in [-0.3, -0.25) is 14.4 Å². The molecule has 1 atom stereocenters. The number of unbranched alkanes of at least 4 members (excludes halogenated alkanes) is 1. The van der Waals surface area contributed by atoms with Crippen molar-refractivity contribution in [1.82, 2.24) is 10.6 Å². The summed E-state index contributed by atoms with van der Waals surface area (Å²) in [4.78, 5) is 41.8. The van der Waals surface area contributed by atoms with Crippen molar-refractivity contribution < 1.29 is 19.2 Å². The smallest absolute Gasteiger partial charge is 0.220 e. The zero-order valence-corrected chi connectivity index (χ0v) is 17.4. The van der Waals surface area contributed by atoms with E-state index in [-0.39, 0.29) is 30.1 Å². The van der Waals surface area contributed by atoms with Crippen LogP contribution < -0.4 is 16.4 Å². The van der Waals surface area contributed by atoms with E-state index in [2.05, 4.69) is 10.6 Å². The summed E-state index contributed by atoms with van der Waals surface area (Å²) in [6.07, 6.45) is 4.25. The number of hydrogen-bond acceptors (Lipinski definition) is 4. The van der Waals surface area contributed by atoms with Crippen molar-refractivity contribution in [3.8, 4) is 0 Å². The molecule has 0 bridgehead atoms. The molecule has 0 saturated carbocycles. The Morgan fingerprint density at radius 2 is 1.54 bits per heavy atom. The first kappa shape index (κ1) is 28.9. The van der Waals surface area contributed by atoms with Gasteiger partial charge in [0.15, 0.2) is 0 Å². The Hall–Kier alpha value is -1.92. The van der Waals surface area contributed by atoms with Gasteiger partial charge in [0.1, 0.15) is 5.78 Å². The number of primary amides is 1. The molecular weight excluding hydrogens is 334 g/mol. The van der Waals surface area contributed by atoms with Crippen molar-refractivity contribution >= 4 is 24.0 Å². The van der Waals surface area contributed by atoms with Gasteiger partial charge in [-0.2, -0.15) is 0 Å². The molecule has 0 aromatic carbocycles. The van der Waals surface area contributed by atoms with Gasteiger partial charge in [-0.05, 0) is 39.0 Å². The van der Waals surface area contributed by atoms with Crippen molar-refractivity contribution in [3.05, 3.63) is 0 Å². The van der Waals surface area contributed by atoms with E-state index in [1.807, 2.05) is 34.6 Å². The lowest BCUT2D eigenvalue weighted by Crippen LogP contribution is -2.36. The number of carbonyl (C=O) groups excluding carboxylic acids is 4. The van der Waals surface area contributed by atoms with Crippen molar-refractivity contribution in [2.75, 3.05) is 6.54 Å². The maximum Gasteiger partial charge on any atom is 0.220 e. The Morgan fingerprint density at radius 1 is 0.962 bits per heavy atom. The highest BCUT2D eigenvalue weighted by Crippen LogP contribution is 2.01. The van der Waals surface area contributed by atoms with E-state index in [0.717, 1.165) is 12.8 Å². The van der Waals surface area contributed by atoms with Gasteiger partial charge in [-0.25, -0.2) is 0 Å². The molecule has 0 aromatic heterocycles. The Labute approximate surface area is 158 Å². The number of ketones is 1. The first-order valence-corrected chi connectivity index (χ1v) is 9.44. The van der Waals surface area contributed by atoms with Gasteiger partial charge in [0.25, 0.3) is 0 Å². The van der Waals surface area contributed by atoms with Crippen molar-refractivity contribution in [2.45, 2.75) is 86.1 Å². The van der Waals surface area contributed by atoms with Crippen LogP contribution in [-0.2, 0) is 19.2 Å². The Balaban J connectivity index is -0.000000388. The summed E-state index contributed by atoms with van der Waals surface area (Å²) in [6.45, 7) is 12.3. The molecule has 0 heterocycles. The second kappa shape index (κ2) is 21.1. The molecular formula is C19H39N3O4. The zero-order valence-electron chi connectivity index (χ0n) is 17.4. The van der Waals surface area contributed by atoms with Crippen LogP contribution in [0.5, 0.6) is 0 Å². The van der Waals surface area contributed by atoms with Crippen LogP contribution in [-0.4, -0.2) is 36.6 Å². The summed E-state index contributed by atoms with van der Waals surface area (Å²) in [5.41, 5.74) is 4.96. The Bertz CT molecular complexity index is 385. The highest BCUT2D eigenvalue weighted by atomic mass is 16.2. The third kappa shape index (κ3) is 27.0. The van der Waals surface area contributed by atoms with Crippen LogP contribution >= 0.6 is 0 Å². The SMILES string of the molecule is CC.CC(=O)CCCCNC=O.CC(C)C(C)NC(=O)CCCC(N)=O. The molecule has 0 spiro atoms. The summed E-state index contributed by atoms with van der Waals surface area (Å²) >= 11 is 0. The minimum Gasteiger partial charge on any atom is -0.370 e. The minimum absolute atomic E-state index is 0.00699. The third-order valence-electron chi connectivity index (χ3n) is 3.40. The molecule has 0 aliphatic heterocycles. The topological polar surface area (TPSA) is 118 Å². The fourth-order valence-electron chi connectivity index (χ4n) is 1.58. The second-order valence-electron chi connectivity index (χ2n) is 6.15. The molecule has 0 fully saturated rings. The molecule has 0 saturated heterocycles. The van der Waals surface area contributed by atoms with Gasteiger partial charge in [-0.15, -0.1) is 0 Å². The predicted molar refractivity (Wildman–Crippen MR) is 105 cm³/mol. The maximum absolute atomic E-state index is 11.3. The lowest BCUT2D eigenvalue weighted by molar-refractivity contribution is -0.122.